The maximum Gasteiger partial charge on any atom is 0.277 e. The van der Waals surface area contributed by atoms with Crippen LogP contribution in [0.4, 0.5) is 5.69 Å². The van der Waals surface area contributed by atoms with Crippen molar-refractivity contribution in [1.29, 1.82) is 0 Å². The van der Waals surface area contributed by atoms with Gasteiger partial charge in [0.15, 0.2) is 6.54 Å². The molecule has 144 valence electrons. The van der Waals surface area contributed by atoms with Gasteiger partial charge < -0.3 is 19.4 Å². The van der Waals surface area contributed by atoms with E-state index >= 15 is 0 Å². The fraction of sp³-hybridized carbons (Fsp3) is 0.409. The zero-order valence-corrected chi connectivity index (χ0v) is 16.6. The molecule has 0 aliphatic carbocycles. The molecular formula is C22H30N3O2+. The number of aryl methyl sites for hydroxylation is 1. The number of hydrogen-bond donors (Lipinski definition) is 1. The quantitative estimate of drug-likeness (QED) is 0.837. The van der Waals surface area contributed by atoms with E-state index in [9.17, 15) is 4.79 Å². The fourth-order valence-corrected chi connectivity index (χ4v) is 3.46. The van der Waals surface area contributed by atoms with E-state index in [1.807, 2.05) is 24.1 Å². The minimum atomic E-state index is 0.212. The molecule has 0 bridgehead atoms. The van der Waals surface area contributed by atoms with Gasteiger partial charge in [0.2, 0.25) is 0 Å². The van der Waals surface area contributed by atoms with Gasteiger partial charge in [-0.3, -0.25) is 4.79 Å². The number of rotatable bonds is 6. The molecule has 1 saturated heterocycles. The predicted molar refractivity (Wildman–Crippen MR) is 108 cm³/mol. The number of hydrogen-bond acceptors (Lipinski definition) is 3. The van der Waals surface area contributed by atoms with E-state index in [2.05, 4.69) is 48.2 Å². The molecule has 0 aromatic heterocycles. The highest BCUT2D eigenvalue weighted by Crippen LogP contribution is 2.18. The Morgan fingerprint density at radius 1 is 1.07 bits per heavy atom. The van der Waals surface area contributed by atoms with Crippen LogP contribution in [0.1, 0.15) is 11.1 Å². The van der Waals surface area contributed by atoms with Gasteiger partial charge >= 0.3 is 0 Å². The highest BCUT2D eigenvalue weighted by molar-refractivity contribution is 5.76. The van der Waals surface area contributed by atoms with Gasteiger partial charge in [-0.25, -0.2) is 0 Å². The lowest BCUT2D eigenvalue weighted by Crippen LogP contribution is -3.15. The molecule has 2 aromatic rings. The van der Waals surface area contributed by atoms with E-state index in [4.69, 9.17) is 4.74 Å². The summed E-state index contributed by atoms with van der Waals surface area (Å²) in [6.45, 7) is 7.22. The van der Waals surface area contributed by atoms with Crippen LogP contribution in [0, 0.1) is 6.92 Å². The molecule has 1 aliphatic heterocycles. The lowest BCUT2D eigenvalue weighted by Gasteiger charge is -2.34. The van der Waals surface area contributed by atoms with Crippen LogP contribution < -0.4 is 14.5 Å². The SMILES string of the molecule is COc1ccc(N2CC[NH+](CC(=O)N(C)Cc3ccc(C)cc3)CC2)cc1. The summed E-state index contributed by atoms with van der Waals surface area (Å²) < 4.78 is 5.22. The molecule has 0 saturated carbocycles. The van der Waals surface area contributed by atoms with Crippen molar-refractivity contribution >= 4 is 11.6 Å². The zero-order chi connectivity index (χ0) is 19.2. The molecule has 1 aliphatic rings. The minimum Gasteiger partial charge on any atom is -0.497 e. The first-order chi connectivity index (χ1) is 13.0. The molecule has 0 radical (unpaired) electrons. The number of anilines is 1. The maximum atomic E-state index is 12.6. The van der Waals surface area contributed by atoms with E-state index in [1.54, 1.807) is 7.11 Å². The van der Waals surface area contributed by atoms with Gasteiger partial charge in [0, 0.05) is 19.3 Å². The summed E-state index contributed by atoms with van der Waals surface area (Å²) in [6.07, 6.45) is 0. The van der Waals surface area contributed by atoms with Crippen LogP contribution in [0.5, 0.6) is 5.75 Å². The van der Waals surface area contributed by atoms with Crippen molar-refractivity contribution < 1.29 is 14.4 Å². The van der Waals surface area contributed by atoms with Crippen molar-refractivity contribution in [2.75, 3.05) is 51.8 Å². The summed E-state index contributed by atoms with van der Waals surface area (Å²) in [6, 6.07) is 16.6. The average molecular weight is 369 g/mol. The second kappa shape index (κ2) is 8.91. The first-order valence-electron chi connectivity index (χ1n) is 9.57. The van der Waals surface area contributed by atoms with Gasteiger partial charge in [-0.1, -0.05) is 29.8 Å². The largest absolute Gasteiger partial charge is 0.497 e. The smallest absolute Gasteiger partial charge is 0.277 e. The van der Waals surface area contributed by atoms with Crippen molar-refractivity contribution in [2.45, 2.75) is 13.5 Å². The number of quaternary nitrogens is 1. The van der Waals surface area contributed by atoms with Gasteiger partial charge in [0.25, 0.3) is 5.91 Å². The number of benzene rings is 2. The lowest BCUT2D eigenvalue weighted by molar-refractivity contribution is -0.892. The predicted octanol–water partition coefficient (Wildman–Crippen LogP) is 1.37. The van der Waals surface area contributed by atoms with Gasteiger partial charge in [0.05, 0.1) is 33.3 Å². The van der Waals surface area contributed by atoms with Crippen LogP contribution in [0.15, 0.2) is 48.5 Å². The van der Waals surface area contributed by atoms with E-state index in [0.29, 0.717) is 13.1 Å². The summed E-state index contributed by atoms with van der Waals surface area (Å²) >= 11 is 0. The van der Waals surface area contributed by atoms with Crippen LogP contribution in [-0.4, -0.2) is 57.7 Å². The number of carbonyl (C=O) groups is 1. The third kappa shape index (κ3) is 5.23. The average Bonchev–Trinajstić information content (AvgIpc) is 2.70. The molecule has 3 rings (SSSR count). The van der Waals surface area contributed by atoms with Gasteiger partial charge in [-0.2, -0.15) is 0 Å². The summed E-state index contributed by atoms with van der Waals surface area (Å²) in [7, 11) is 3.58. The van der Waals surface area contributed by atoms with Crippen LogP contribution in [0.3, 0.4) is 0 Å². The third-order valence-corrected chi connectivity index (χ3v) is 5.28. The number of methoxy groups -OCH3 is 1. The molecule has 1 fully saturated rings. The Hall–Kier alpha value is -2.53. The number of nitrogens with one attached hydrogen (secondary N) is 1. The first-order valence-corrected chi connectivity index (χ1v) is 9.57. The third-order valence-electron chi connectivity index (χ3n) is 5.28. The normalized spacial score (nSPS) is 14.9. The molecule has 27 heavy (non-hydrogen) atoms. The second-order valence-electron chi connectivity index (χ2n) is 7.35. The molecule has 5 nitrogen and oxygen atoms in total. The monoisotopic (exact) mass is 368 g/mol. The molecule has 0 spiro atoms. The zero-order valence-electron chi connectivity index (χ0n) is 16.6. The van der Waals surface area contributed by atoms with Gasteiger partial charge in [0.1, 0.15) is 5.75 Å². The second-order valence-corrected chi connectivity index (χ2v) is 7.35. The molecule has 1 N–H and O–H groups in total. The highest BCUT2D eigenvalue weighted by Gasteiger charge is 2.23. The Balaban J connectivity index is 1.46. The maximum absolute atomic E-state index is 12.6. The van der Waals surface area contributed by atoms with Crippen LogP contribution in [0.25, 0.3) is 0 Å². The number of ether oxygens (including phenoxy) is 1. The number of carbonyl (C=O) groups excluding carboxylic acids is 1. The molecule has 1 amide bonds. The van der Waals surface area contributed by atoms with Gasteiger partial charge in [-0.15, -0.1) is 0 Å². The van der Waals surface area contributed by atoms with E-state index in [0.717, 1.165) is 31.9 Å². The van der Waals surface area contributed by atoms with Crippen molar-refractivity contribution in [2.24, 2.45) is 0 Å². The van der Waals surface area contributed by atoms with Crippen molar-refractivity contribution in [3.63, 3.8) is 0 Å². The van der Waals surface area contributed by atoms with Crippen molar-refractivity contribution in [3.8, 4) is 5.75 Å². The van der Waals surface area contributed by atoms with Crippen LogP contribution >= 0.6 is 0 Å². The van der Waals surface area contributed by atoms with Gasteiger partial charge in [-0.05, 0) is 36.8 Å². The fourth-order valence-electron chi connectivity index (χ4n) is 3.46. The Morgan fingerprint density at radius 2 is 1.70 bits per heavy atom. The highest BCUT2D eigenvalue weighted by atomic mass is 16.5. The van der Waals surface area contributed by atoms with Crippen LogP contribution in [0.2, 0.25) is 0 Å². The van der Waals surface area contributed by atoms with Crippen molar-refractivity contribution in [1.82, 2.24) is 4.90 Å². The van der Waals surface area contributed by atoms with E-state index < -0.39 is 0 Å². The summed E-state index contributed by atoms with van der Waals surface area (Å²) in [4.78, 5) is 18.2. The number of nitrogens with zero attached hydrogens (tertiary/aromatic N) is 2. The summed E-state index contributed by atoms with van der Waals surface area (Å²) in [5, 5.41) is 0. The first kappa shape index (κ1) is 19.2. The minimum absolute atomic E-state index is 0.212. The van der Waals surface area contributed by atoms with E-state index in [1.165, 1.54) is 21.7 Å². The number of piperazine rings is 1. The number of amides is 1. The Labute approximate surface area is 162 Å². The molecule has 2 aromatic carbocycles. The Kier molecular flexibility index (Phi) is 6.35. The van der Waals surface area contributed by atoms with Crippen molar-refractivity contribution in [3.05, 3.63) is 59.7 Å². The summed E-state index contributed by atoms with van der Waals surface area (Å²) in [5.74, 6) is 1.09. The molecule has 5 heteroatoms. The summed E-state index contributed by atoms with van der Waals surface area (Å²) in [5.41, 5.74) is 3.64. The molecule has 1 heterocycles. The molecule has 0 atom stereocenters. The van der Waals surface area contributed by atoms with Crippen LogP contribution in [-0.2, 0) is 11.3 Å². The number of likely N-dealkylation sites (N-methyl/N-ethyl adjacent to an activating group) is 1. The lowest BCUT2D eigenvalue weighted by atomic mass is 10.1. The topological polar surface area (TPSA) is 37.2 Å². The molecular weight excluding hydrogens is 338 g/mol. The Bertz CT molecular complexity index is 735. The molecule has 0 unspecified atom stereocenters. The Morgan fingerprint density at radius 3 is 2.30 bits per heavy atom. The standard InChI is InChI=1S/C22H29N3O2/c1-18-4-6-19(7-5-18)16-23(2)22(26)17-24-12-14-25(15-13-24)20-8-10-21(27-3)11-9-20/h4-11H,12-17H2,1-3H3/p+1. The van der Waals surface area contributed by atoms with E-state index in [-0.39, 0.29) is 5.91 Å².